The Hall–Kier alpha value is -2.63. The molecule has 1 unspecified atom stereocenters. The number of fused-ring (bicyclic) bond motifs is 1. The summed E-state index contributed by atoms with van der Waals surface area (Å²) in [6, 6.07) is 14.5. The van der Waals surface area contributed by atoms with Crippen molar-refractivity contribution in [2.75, 3.05) is 5.32 Å². The number of anilines is 1. The van der Waals surface area contributed by atoms with Crippen molar-refractivity contribution in [1.29, 1.82) is 0 Å². The van der Waals surface area contributed by atoms with E-state index in [0.29, 0.717) is 28.0 Å². The molecular formula is C19H18ClN3O2. The molecule has 1 amide bonds. The van der Waals surface area contributed by atoms with Crippen LogP contribution in [0.15, 0.2) is 59.5 Å². The van der Waals surface area contributed by atoms with Crippen LogP contribution in [0, 0.1) is 0 Å². The van der Waals surface area contributed by atoms with Crippen molar-refractivity contribution < 1.29 is 4.79 Å². The molecule has 25 heavy (non-hydrogen) atoms. The lowest BCUT2D eigenvalue weighted by Gasteiger charge is -2.15. The van der Waals surface area contributed by atoms with E-state index in [1.807, 2.05) is 30.3 Å². The van der Waals surface area contributed by atoms with Gasteiger partial charge in [0.2, 0.25) is 5.91 Å². The standard InChI is InChI=1S/C19H18ClN3O2/c1-12(22-11-13-5-3-2-4-6-13)18(24)23-17-9-14-7-8-21-19(25)15(14)10-16(17)20/h2-10,12,22H,11H2,1H3,(H,21,25)(H,23,24). The number of aromatic amines is 1. The molecule has 2 aromatic carbocycles. The van der Waals surface area contributed by atoms with E-state index >= 15 is 0 Å². The molecule has 0 saturated carbocycles. The third kappa shape index (κ3) is 4.07. The van der Waals surface area contributed by atoms with Crippen molar-refractivity contribution in [1.82, 2.24) is 10.3 Å². The van der Waals surface area contributed by atoms with Gasteiger partial charge in [0.25, 0.3) is 5.56 Å². The Balaban J connectivity index is 1.71. The van der Waals surface area contributed by atoms with Crippen molar-refractivity contribution in [3.63, 3.8) is 0 Å². The summed E-state index contributed by atoms with van der Waals surface area (Å²) in [5, 5.41) is 7.52. The van der Waals surface area contributed by atoms with Crippen molar-refractivity contribution in [3.8, 4) is 0 Å². The fourth-order valence-electron chi connectivity index (χ4n) is 2.51. The summed E-state index contributed by atoms with van der Waals surface area (Å²) >= 11 is 6.21. The van der Waals surface area contributed by atoms with E-state index in [0.717, 1.165) is 5.56 Å². The van der Waals surface area contributed by atoms with Crippen LogP contribution < -0.4 is 16.2 Å². The normalized spacial score (nSPS) is 12.1. The van der Waals surface area contributed by atoms with E-state index in [1.54, 1.807) is 31.3 Å². The van der Waals surface area contributed by atoms with E-state index in [9.17, 15) is 9.59 Å². The second-order valence-corrected chi connectivity index (χ2v) is 6.21. The molecule has 1 heterocycles. The van der Waals surface area contributed by atoms with Gasteiger partial charge in [0.15, 0.2) is 0 Å². The summed E-state index contributed by atoms with van der Waals surface area (Å²) in [4.78, 5) is 26.8. The number of benzene rings is 2. The Labute approximate surface area is 150 Å². The summed E-state index contributed by atoms with van der Waals surface area (Å²) in [6.07, 6.45) is 1.56. The number of pyridine rings is 1. The van der Waals surface area contributed by atoms with Crippen molar-refractivity contribution in [2.24, 2.45) is 0 Å². The topological polar surface area (TPSA) is 74.0 Å². The Morgan fingerprint density at radius 2 is 1.96 bits per heavy atom. The number of amides is 1. The average Bonchev–Trinajstić information content (AvgIpc) is 2.62. The molecule has 0 aliphatic rings. The third-order valence-electron chi connectivity index (χ3n) is 3.97. The van der Waals surface area contributed by atoms with Gasteiger partial charge in [0.1, 0.15) is 0 Å². The van der Waals surface area contributed by atoms with Gasteiger partial charge in [-0.15, -0.1) is 0 Å². The van der Waals surface area contributed by atoms with Crippen LogP contribution in [-0.4, -0.2) is 16.9 Å². The number of carbonyl (C=O) groups excluding carboxylic acids is 1. The van der Waals surface area contributed by atoms with Crippen LogP contribution >= 0.6 is 11.6 Å². The molecule has 0 aliphatic heterocycles. The monoisotopic (exact) mass is 355 g/mol. The van der Waals surface area contributed by atoms with E-state index in [2.05, 4.69) is 15.6 Å². The maximum atomic E-state index is 12.4. The number of hydrogen-bond donors (Lipinski definition) is 3. The predicted octanol–water partition coefficient (Wildman–Crippen LogP) is 3.30. The highest BCUT2D eigenvalue weighted by atomic mass is 35.5. The quantitative estimate of drug-likeness (QED) is 0.657. The zero-order chi connectivity index (χ0) is 17.8. The second-order valence-electron chi connectivity index (χ2n) is 5.80. The number of aromatic nitrogens is 1. The highest BCUT2D eigenvalue weighted by molar-refractivity contribution is 6.34. The molecule has 0 radical (unpaired) electrons. The van der Waals surface area contributed by atoms with Gasteiger partial charge in [-0.1, -0.05) is 41.9 Å². The third-order valence-corrected chi connectivity index (χ3v) is 4.28. The van der Waals surface area contributed by atoms with Crippen LogP contribution in [-0.2, 0) is 11.3 Å². The molecule has 6 heteroatoms. The van der Waals surface area contributed by atoms with Gasteiger partial charge in [-0.2, -0.15) is 0 Å². The fraction of sp³-hybridized carbons (Fsp3) is 0.158. The van der Waals surface area contributed by atoms with Gasteiger partial charge >= 0.3 is 0 Å². The lowest BCUT2D eigenvalue weighted by Crippen LogP contribution is -2.37. The minimum Gasteiger partial charge on any atom is -0.329 e. The van der Waals surface area contributed by atoms with E-state index in [1.165, 1.54) is 0 Å². The molecule has 1 atom stereocenters. The van der Waals surface area contributed by atoms with Crippen molar-refractivity contribution >= 4 is 34.0 Å². The van der Waals surface area contributed by atoms with Crippen molar-refractivity contribution in [3.05, 3.63) is 75.7 Å². The molecule has 5 nitrogen and oxygen atoms in total. The molecule has 3 N–H and O–H groups in total. The van der Waals surface area contributed by atoms with Crippen LogP contribution in [0.5, 0.6) is 0 Å². The van der Waals surface area contributed by atoms with Gasteiger partial charge in [-0.25, -0.2) is 0 Å². The maximum Gasteiger partial charge on any atom is 0.255 e. The molecule has 0 fully saturated rings. The first kappa shape index (κ1) is 17.2. The van der Waals surface area contributed by atoms with Crippen LogP contribution in [0.3, 0.4) is 0 Å². The second kappa shape index (κ2) is 7.51. The van der Waals surface area contributed by atoms with Crippen LogP contribution in [0.4, 0.5) is 5.69 Å². The number of H-pyrrole nitrogens is 1. The summed E-state index contributed by atoms with van der Waals surface area (Å²) < 4.78 is 0. The SMILES string of the molecule is CC(NCc1ccccc1)C(=O)Nc1cc2cc[nH]c(=O)c2cc1Cl. The smallest absolute Gasteiger partial charge is 0.255 e. The van der Waals surface area contributed by atoms with E-state index in [4.69, 9.17) is 11.6 Å². The van der Waals surface area contributed by atoms with Crippen molar-refractivity contribution in [2.45, 2.75) is 19.5 Å². The highest BCUT2D eigenvalue weighted by Gasteiger charge is 2.14. The Bertz CT molecular complexity index is 954. The van der Waals surface area contributed by atoms with E-state index in [-0.39, 0.29) is 11.5 Å². The lowest BCUT2D eigenvalue weighted by atomic mass is 10.1. The largest absolute Gasteiger partial charge is 0.329 e. The summed E-state index contributed by atoms with van der Waals surface area (Å²) in [6.45, 7) is 2.38. The Kier molecular flexibility index (Phi) is 5.16. The van der Waals surface area contributed by atoms with Gasteiger partial charge in [-0.05, 0) is 36.1 Å². The van der Waals surface area contributed by atoms with Gasteiger partial charge < -0.3 is 15.6 Å². The first-order chi connectivity index (χ1) is 12.0. The molecule has 3 aromatic rings. The van der Waals surface area contributed by atoms with E-state index < -0.39 is 6.04 Å². The molecule has 128 valence electrons. The number of carbonyl (C=O) groups is 1. The highest BCUT2D eigenvalue weighted by Crippen LogP contribution is 2.26. The van der Waals surface area contributed by atoms with Gasteiger partial charge in [0, 0.05) is 18.1 Å². The Morgan fingerprint density at radius 1 is 1.20 bits per heavy atom. The molecule has 3 rings (SSSR count). The number of hydrogen-bond acceptors (Lipinski definition) is 3. The first-order valence-electron chi connectivity index (χ1n) is 7.94. The number of halogens is 1. The summed E-state index contributed by atoms with van der Waals surface area (Å²) in [5.74, 6) is -0.193. The average molecular weight is 356 g/mol. The molecule has 0 spiro atoms. The minimum atomic E-state index is -0.397. The molecular weight excluding hydrogens is 338 g/mol. The Morgan fingerprint density at radius 3 is 2.72 bits per heavy atom. The van der Waals surface area contributed by atoms with Crippen LogP contribution in [0.25, 0.3) is 10.8 Å². The van der Waals surface area contributed by atoms with Gasteiger partial charge in [-0.3, -0.25) is 9.59 Å². The minimum absolute atomic E-state index is 0.193. The van der Waals surface area contributed by atoms with Crippen LogP contribution in [0.1, 0.15) is 12.5 Å². The summed E-state index contributed by atoms with van der Waals surface area (Å²) in [5.41, 5.74) is 1.37. The molecule has 0 bridgehead atoms. The maximum absolute atomic E-state index is 12.4. The predicted molar refractivity (Wildman–Crippen MR) is 101 cm³/mol. The fourth-order valence-corrected chi connectivity index (χ4v) is 2.72. The molecule has 1 aromatic heterocycles. The van der Waals surface area contributed by atoms with Crippen LogP contribution in [0.2, 0.25) is 5.02 Å². The first-order valence-corrected chi connectivity index (χ1v) is 8.31. The zero-order valence-electron chi connectivity index (χ0n) is 13.7. The number of nitrogens with one attached hydrogen (secondary N) is 3. The zero-order valence-corrected chi connectivity index (χ0v) is 14.4. The van der Waals surface area contributed by atoms with Gasteiger partial charge in [0.05, 0.1) is 16.8 Å². The lowest BCUT2D eigenvalue weighted by molar-refractivity contribution is -0.117. The summed E-state index contributed by atoms with van der Waals surface area (Å²) in [7, 11) is 0. The molecule has 0 aliphatic carbocycles. The molecule has 0 saturated heterocycles. The number of rotatable bonds is 5.